The van der Waals surface area contributed by atoms with Crippen LogP contribution in [-0.2, 0) is 25.5 Å². The zero-order valence-corrected chi connectivity index (χ0v) is 23.5. The second-order valence-electron chi connectivity index (χ2n) is 11.1. The number of carboxylic acid groups (broad SMARTS) is 1. The number of carboxylic acids is 1. The van der Waals surface area contributed by atoms with Gasteiger partial charge in [0.2, 0.25) is 11.8 Å². The molecule has 0 radical (unpaired) electrons. The lowest BCUT2D eigenvalue weighted by Gasteiger charge is -2.29. The molecule has 1 aliphatic carbocycles. The summed E-state index contributed by atoms with van der Waals surface area (Å²) in [6.07, 6.45) is 5.51. The molecule has 0 bridgehead atoms. The van der Waals surface area contributed by atoms with Gasteiger partial charge in [-0.1, -0.05) is 6.07 Å². The highest BCUT2D eigenvalue weighted by Crippen LogP contribution is 2.41. The molecule has 214 valence electrons. The molecule has 2 fully saturated rings. The molecule has 3 aliphatic rings. The molecule has 6 rings (SSSR count). The number of pyridine rings is 1. The van der Waals surface area contributed by atoms with E-state index in [0.717, 1.165) is 36.8 Å². The number of carbonyl (C=O) groups excluding carboxylic acids is 2. The van der Waals surface area contributed by atoms with Crippen molar-refractivity contribution in [3.05, 3.63) is 47.2 Å². The maximum atomic E-state index is 14.5. The van der Waals surface area contributed by atoms with Gasteiger partial charge in [0, 0.05) is 60.5 Å². The number of hydrogen-bond donors (Lipinski definition) is 1. The average molecular weight is 579 g/mol. The highest BCUT2D eigenvalue weighted by atomic mass is 32.1. The van der Waals surface area contributed by atoms with E-state index in [-0.39, 0.29) is 36.6 Å². The third-order valence-corrected chi connectivity index (χ3v) is 8.96. The van der Waals surface area contributed by atoms with E-state index in [9.17, 15) is 23.9 Å². The van der Waals surface area contributed by atoms with Gasteiger partial charge in [-0.25, -0.2) is 14.4 Å². The summed E-state index contributed by atoms with van der Waals surface area (Å²) in [7, 11) is 1.69. The topological polar surface area (TPSA) is 113 Å². The summed E-state index contributed by atoms with van der Waals surface area (Å²) in [4.78, 5) is 50.3. The second-order valence-corrected chi connectivity index (χ2v) is 11.9. The molecule has 1 atom stereocenters. The number of thiazole rings is 1. The number of amides is 2. The van der Waals surface area contributed by atoms with E-state index >= 15 is 0 Å². The molecule has 1 saturated carbocycles. The number of halogens is 1. The zero-order chi connectivity index (χ0) is 28.7. The predicted molar refractivity (Wildman–Crippen MR) is 152 cm³/mol. The fourth-order valence-corrected chi connectivity index (χ4v) is 6.69. The summed E-state index contributed by atoms with van der Waals surface area (Å²) >= 11 is 1.30. The smallest absolute Gasteiger partial charge is 0.304 e. The molecule has 3 aromatic rings. The molecule has 1 saturated heterocycles. The first-order valence-corrected chi connectivity index (χ1v) is 14.8. The van der Waals surface area contributed by atoms with E-state index in [1.54, 1.807) is 29.6 Å². The van der Waals surface area contributed by atoms with Crippen LogP contribution in [0.1, 0.15) is 44.1 Å². The third kappa shape index (κ3) is 5.73. The van der Waals surface area contributed by atoms with Crippen molar-refractivity contribution in [1.82, 2.24) is 9.97 Å². The van der Waals surface area contributed by atoms with Crippen molar-refractivity contribution < 1.29 is 28.6 Å². The number of likely N-dealkylation sites (N-methyl/N-ethyl adjacent to an activating group) is 1. The van der Waals surface area contributed by atoms with Gasteiger partial charge >= 0.3 is 5.97 Å². The Hall–Kier alpha value is -3.70. The van der Waals surface area contributed by atoms with Gasteiger partial charge in [0.15, 0.2) is 5.13 Å². The summed E-state index contributed by atoms with van der Waals surface area (Å²) in [5.74, 6) is -1.44. The Morgan fingerprint density at radius 1 is 1.20 bits per heavy atom. The van der Waals surface area contributed by atoms with Gasteiger partial charge in [0.1, 0.15) is 11.6 Å². The van der Waals surface area contributed by atoms with Crippen molar-refractivity contribution in [3.63, 3.8) is 0 Å². The van der Waals surface area contributed by atoms with Gasteiger partial charge in [0.25, 0.3) is 0 Å². The molecule has 4 heterocycles. The van der Waals surface area contributed by atoms with E-state index < -0.39 is 17.7 Å². The Bertz CT molecular complexity index is 1500. The van der Waals surface area contributed by atoms with Crippen LogP contribution in [0.2, 0.25) is 0 Å². The Labute approximate surface area is 241 Å². The number of benzene rings is 1. The van der Waals surface area contributed by atoms with Crippen LogP contribution in [-0.4, -0.2) is 59.2 Å². The molecule has 1 N–H and O–H groups in total. The molecule has 0 spiro atoms. The molecule has 2 amide bonds. The number of fused-ring (bicyclic) bond motifs is 1. The third-order valence-electron chi connectivity index (χ3n) is 8.12. The monoisotopic (exact) mass is 578 g/mol. The fourth-order valence-electron chi connectivity index (χ4n) is 5.79. The number of carbonyl (C=O) groups is 3. The normalized spacial score (nSPS) is 17.9. The van der Waals surface area contributed by atoms with Crippen LogP contribution in [0, 0.1) is 17.7 Å². The molecule has 2 aromatic heterocycles. The van der Waals surface area contributed by atoms with Gasteiger partial charge < -0.3 is 9.84 Å². The SMILES string of the molecule is CN1C(=O)Cc2cc(-c3ccc(F)cc3-c3csc(N(C(=O)C(CC(=O)O)CC4CCOCC4)C4CC4)n3)cnc21. The summed E-state index contributed by atoms with van der Waals surface area (Å²) in [6.45, 7) is 1.26. The number of hydrogen-bond acceptors (Lipinski definition) is 7. The number of rotatable bonds is 9. The standard InChI is InChI=1S/C30H31FN4O5S/c1-34-26(36)12-18-11-20(15-32-28(18)34)23-5-2-21(31)14-24(23)25-16-41-30(33-25)35(22-3-4-22)29(39)19(13-27(37)38)10-17-6-8-40-9-7-17/h2,5,11,14-17,19,22H,3-4,6-10,12-13H2,1H3,(H,37,38). The number of aromatic nitrogens is 2. The van der Waals surface area contributed by atoms with Crippen molar-refractivity contribution >= 4 is 40.1 Å². The van der Waals surface area contributed by atoms with E-state index in [2.05, 4.69) is 4.98 Å². The highest BCUT2D eigenvalue weighted by molar-refractivity contribution is 7.14. The Kier molecular flexibility index (Phi) is 7.56. The van der Waals surface area contributed by atoms with Crippen molar-refractivity contribution in [1.29, 1.82) is 0 Å². The van der Waals surface area contributed by atoms with Gasteiger partial charge in [-0.2, -0.15) is 0 Å². The van der Waals surface area contributed by atoms with Crippen LogP contribution in [0.25, 0.3) is 22.4 Å². The van der Waals surface area contributed by atoms with Gasteiger partial charge in [-0.3, -0.25) is 24.2 Å². The number of ether oxygens (including phenoxy) is 1. The molecular weight excluding hydrogens is 547 g/mol. The van der Waals surface area contributed by atoms with Crippen LogP contribution >= 0.6 is 11.3 Å². The van der Waals surface area contributed by atoms with E-state index in [1.807, 2.05) is 6.07 Å². The van der Waals surface area contributed by atoms with Gasteiger partial charge in [-0.05, 0) is 61.8 Å². The quantitative estimate of drug-likeness (QED) is 0.383. The summed E-state index contributed by atoms with van der Waals surface area (Å²) in [5, 5.41) is 11.9. The maximum Gasteiger partial charge on any atom is 0.304 e. The zero-order valence-electron chi connectivity index (χ0n) is 22.7. The summed E-state index contributed by atoms with van der Waals surface area (Å²) in [5.41, 5.74) is 3.34. The van der Waals surface area contributed by atoms with Gasteiger partial charge in [0.05, 0.1) is 18.5 Å². The minimum Gasteiger partial charge on any atom is -0.481 e. The lowest BCUT2D eigenvalue weighted by atomic mass is 9.86. The maximum absolute atomic E-state index is 14.5. The van der Waals surface area contributed by atoms with Crippen LogP contribution in [0.4, 0.5) is 15.3 Å². The largest absolute Gasteiger partial charge is 0.481 e. The minimum atomic E-state index is -0.994. The molecule has 41 heavy (non-hydrogen) atoms. The molecule has 1 aromatic carbocycles. The molecule has 1 unspecified atom stereocenters. The van der Waals surface area contributed by atoms with E-state index in [1.165, 1.54) is 28.4 Å². The fraction of sp³-hybridized carbons (Fsp3) is 0.433. The summed E-state index contributed by atoms with van der Waals surface area (Å²) < 4.78 is 20.0. The van der Waals surface area contributed by atoms with Crippen molar-refractivity contribution in [2.24, 2.45) is 11.8 Å². The second kappa shape index (κ2) is 11.3. The first kappa shape index (κ1) is 27.5. The molecular formula is C30H31FN4O5S. The average Bonchev–Trinajstić information content (AvgIpc) is 3.59. The number of nitrogens with zero attached hydrogens (tertiary/aromatic N) is 4. The van der Waals surface area contributed by atoms with E-state index in [4.69, 9.17) is 9.72 Å². The molecule has 2 aliphatic heterocycles. The van der Waals surface area contributed by atoms with Crippen molar-refractivity contribution in [2.75, 3.05) is 30.1 Å². The first-order chi connectivity index (χ1) is 19.8. The van der Waals surface area contributed by atoms with Crippen LogP contribution in [0.15, 0.2) is 35.8 Å². The Morgan fingerprint density at radius 2 is 1.98 bits per heavy atom. The lowest BCUT2D eigenvalue weighted by molar-refractivity contribution is -0.141. The van der Waals surface area contributed by atoms with Crippen molar-refractivity contribution in [2.45, 2.75) is 51.0 Å². The predicted octanol–water partition coefficient (Wildman–Crippen LogP) is 4.93. The number of aliphatic carboxylic acids is 1. The Balaban J connectivity index is 1.31. The van der Waals surface area contributed by atoms with E-state index in [0.29, 0.717) is 47.4 Å². The minimum absolute atomic E-state index is 0.0186. The summed E-state index contributed by atoms with van der Waals surface area (Å²) in [6, 6.07) is 6.35. The van der Waals surface area contributed by atoms with Crippen molar-refractivity contribution in [3.8, 4) is 22.4 Å². The molecule has 11 heteroatoms. The first-order valence-electron chi connectivity index (χ1n) is 13.9. The number of anilines is 2. The van der Waals surface area contributed by atoms with Crippen LogP contribution in [0.3, 0.4) is 0 Å². The highest BCUT2D eigenvalue weighted by Gasteiger charge is 2.40. The van der Waals surface area contributed by atoms with Gasteiger partial charge in [-0.15, -0.1) is 11.3 Å². The van der Waals surface area contributed by atoms with Crippen LogP contribution < -0.4 is 9.80 Å². The van der Waals surface area contributed by atoms with Crippen LogP contribution in [0.5, 0.6) is 0 Å². The Morgan fingerprint density at radius 3 is 2.71 bits per heavy atom. The molecule has 9 nitrogen and oxygen atoms in total. The lowest BCUT2D eigenvalue weighted by Crippen LogP contribution is -2.40.